The summed E-state index contributed by atoms with van der Waals surface area (Å²) in [5, 5.41) is 16.2. The van der Waals surface area contributed by atoms with Gasteiger partial charge in [-0.15, -0.1) is 0 Å². The van der Waals surface area contributed by atoms with Crippen LogP contribution in [0.25, 0.3) is 22.2 Å². The predicted molar refractivity (Wildman–Crippen MR) is 138 cm³/mol. The van der Waals surface area contributed by atoms with E-state index in [1.54, 1.807) is 12.3 Å². The Morgan fingerprint density at radius 1 is 1.06 bits per heavy atom. The SMILES string of the molecule is O=C(N/N=C\c1cn(Cc2ccccc2)c2ccccc12)c1ccc(-c2ccc([N+](=O)[O-])cc2Cl)o1. The third-order valence-corrected chi connectivity index (χ3v) is 5.96. The molecule has 2 heterocycles. The van der Waals surface area contributed by atoms with Crippen LogP contribution in [-0.4, -0.2) is 21.6 Å². The molecule has 0 spiro atoms. The van der Waals surface area contributed by atoms with Crippen LogP contribution in [0.3, 0.4) is 0 Å². The van der Waals surface area contributed by atoms with E-state index >= 15 is 0 Å². The normalized spacial score (nSPS) is 11.2. The Balaban J connectivity index is 1.32. The zero-order valence-electron chi connectivity index (χ0n) is 18.8. The van der Waals surface area contributed by atoms with Gasteiger partial charge in [-0.2, -0.15) is 5.10 Å². The molecule has 0 aliphatic carbocycles. The lowest BCUT2D eigenvalue weighted by Crippen LogP contribution is -2.16. The Bertz CT molecular complexity index is 1600. The number of carbonyl (C=O) groups is 1. The number of rotatable bonds is 7. The first kappa shape index (κ1) is 23.1. The van der Waals surface area contributed by atoms with Crippen molar-refractivity contribution in [2.75, 3.05) is 0 Å². The van der Waals surface area contributed by atoms with E-state index in [1.807, 2.05) is 48.7 Å². The molecule has 0 saturated heterocycles. The van der Waals surface area contributed by atoms with Gasteiger partial charge in [-0.1, -0.05) is 60.1 Å². The molecule has 36 heavy (non-hydrogen) atoms. The van der Waals surface area contributed by atoms with E-state index in [0.717, 1.165) is 16.5 Å². The highest BCUT2D eigenvalue weighted by molar-refractivity contribution is 6.33. The highest BCUT2D eigenvalue weighted by Crippen LogP contribution is 2.32. The summed E-state index contributed by atoms with van der Waals surface area (Å²) in [6.45, 7) is 0.710. The lowest BCUT2D eigenvalue weighted by atomic mass is 10.1. The standard InChI is InChI=1S/C27H19ClN4O4/c28-23-14-20(32(34)35)10-11-22(23)25-12-13-26(36-25)27(33)30-29-15-19-17-31(16-18-6-2-1-3-7-18)24-9-5-4-8-21(19)24/h1-15,17H,16H2,(H,30,33)/b29-15-. The second kappa shape index (κ2) is 9.89. The van der Waals surface area contributed by atoms with Gasteiger partial charge in [0.1, 0.15) is 5.76 Å². The third-order valence-electron chi connectivity index (χ3n) is 5.64. The van der Waals surface area contributed by atoms with Crippen LogP contribution in [0.1, 0.15) is 21.7 Å². The van der Waals surface area contributed by atoms with E-state index < -0.39 is 10.8 Å². The monoisotopic (exact) mass is 498 g/mol. The molecule has 0 saturated carbocycles. The van der Waals surface area contributed by atoms with Crippen molar-refractivity contribution in [1.82, 2.24) is 9.99 Å². The van der Waals surface area contributed by atoms with Crippen LogP contribution in [-0.2, 0) is 6.54 Å². The lowest BCUT2D eigenvalue weighted by Gasteiger charge is -2.05. The average Bonchev–Trinajstić information content (AvgIpc) is 3.50. The number of halogens is 1. The molecule has 0 radical (unpaired) electrons. The van der Waals surface area contributed by atoms with Gasteiger partial charge >= 0.3 is 5.91 Å². The Hall–Kier alpha value is -4.69. The first-order chi connectivity index (χ1) is 17.5. The first-order valence-corrected chi connectivity index (χ1v) is 11.4. The summed E-state index contributed by atoms with van der Waals surface area (Å²) >= 11 is 6.16. The summed E-state index contributed by atoms with van der Waals surface area (Å²) in [6.07, 6.45) is 3.59. The highest BCUT2D eigenvalue weighted by Gasteiger charge is 2.16. The fourth-order valence-corrected chi connectivity index (χ4v) is 4.19. The van der Waals surface area contributed by atoms with Crippen molar-refractivity contribution in [2.45, 2.75) is 6.54 Å². The minimum Gasteiger partial charge on any atom is -0.451 e. The summed E-state index contributed by atoms with van der Waals surface area (Å²) < 4.78 is 7.75. The molecule has 0 bridgehead atoms. The molecule has 0 aliphatic rings. The van der Waals surface area contributed by atoms with Gasteiger partial charge < -0.3 is 8.98 Å². The third kappa shape index (κ3) is 4.75. The van der Waals surface area contributed by atoms with Crippen molar-refractivity contribution in [2.24, 2.45) is 5.10 Å². The second-order valence-electron chi connectivity index (χ2n) is 8.00. The molecule has 178 valence electrons. The fraction of sp³-hybridized carbons (Fsp3) is 0.0370. The molecule has 1 N–H and O–H groups in total. The lowest BCUT2D eigenvalue weighted by molar-refractivity contribution is -0.384. The number of carbonyl (C=O) groups excluding carboxylic acids is 1. The average molecular weight is 499 g/mol. The first-order valence-electron chi connectivity index (χ1n) is 11.0. The van der Waals surface area contributed by atoms with Crippen LogP contribution >= 0.6 is 11.6 Å². The number of aromatic nitrogens is 1. The van der Waals surface area contributed by atoms with Gasteiger partial charge in [-0.25, -0.2) is 5.43 Å². The van der Waals surface area contributed by atoms with E-state index in [0.29, 0.717) is 17.9 Å². The molecular formula is C27H19ClN4O4. The van der Waals surface area contributed by atoms with Crippen molar-refractivity contribution in [3.63, 3.8) is 0 Å². The van der Waals surface area contributed by atoms with Crippen molar-refractivity contribution >= 4 is 40.3 Å². The Kier molecular flexibility index (Phi) is 6.34. The predicted octanol–water partition coefficient (Wildman–Crippen LogP) is 6.28. The largest absolute Gasteiger partial charge is 0.451 e. The van der Waals surface area contributed by atoms with Crippen molar-refractivity contribution in [3.05, 3.63) is 123 Å². The molecule has 8 nitrogen and oxygen atoms in total. The second-order valence-corrected chi connectivity index (χ2v) is 8.41. The van der Waals surface area contributed by atoms with Gasteiger partial charge in [0.25, 0.3) is 5.69 Å². The van der Waals surface area contributed by atoms with Crippen LogP contribution < -0.4 is 5.43 Å². The molecule has 5 rings (SSSR count). The Morgan fingerprint density at radius 3 is 2.61 bits per heavy atom. The smallest absolute Gasteiger partial charge is 0.307 e. The summed E-state index contributed by atoms with van der Waals surface area (Å²) in [6, 6.07) is 25.2. The van der Waals surface area contributed by atoms with E-state index in [2.05, 4.69) is 27.2 Å². The number of para-hydroxylation sites is 1. The van der Waals surface area contributed by atoms with Crippen molar-refractivity contribution < 1.29 is 14.1 Å². The molecular weight excluding hydrogens is 480 g/mol. The number of furan rings is 1. The van der Waals surface area contributed by atoms with Crippen molar-refractivity contribution in [1.29, 1.82) is 0 Å². The fourth-order valence-electron chi connectivity index (χ4n) is 3.93. The van der Waals surface area contributed by atoms with Gasteiger partial charge in [0.2, 0.25) is 0 Å². The van der Waals surface area contributed by atoms with Gasteiger partial charge in [0.05, 0.1) is 16.2 Å². The van der Waals surface area contributed by atoms with E-state index in [4.69, 9.17) is 16.0 Å². The van der Waals surface area contributed by atoms with E-state index in [1.165, 1.54) is 29.8 Å². The van der Waals surface area contributed by atoms with Crippen LogP contribution in [0.15, 0.2) is 101 Å². The summed E-state index contributed by atoms with van der Waals surface area (Å²) in [4.78, 5) is 22.9. The Morgan fingerprint density at radius 2 is 1.83 bits per heavy atom. The van der Waals surface area contributed by atoms with E-state index in [-0.39, 0.29) is 16.5 Å². The number of nitro groups is 1. The number of nitrogens with zero attached hydrogens (tertiary/aromatic N) is 3. The summed E-state index contributed by atoms with van der Waals surface area (Å²) in [5.41, 5.74) is 5.89. The van der Waals surface area contributed by atoms with E-state index in [9.17, 15) is 14.9 Å². The number of hydrogen-bond acceptors (Lipinski definition) is 5. The molecule has 2 aromatic heterocycles. The van der Waals surface area contributed by atoms with Gasteiger partial charge in [0, 0.05) is 46.9 Å². The van der Waals surface area contributed by atoms with Crippen LogP contribution in [0.2, 0.25) is 5.02 Å². The number of hydrazone groups is 1. The maximum Gasteiger partial charge on any atom is 0.307 e. The van der Waals surface area contributed by atoms with Crippen LogP contribution in [0.4, 0.5) is 5.69 Å². The number of benzene rings is 3. The summed E-state index contributed by atoms with van der Waals surface area (Å²) in [5.74, 6) is -0.195. The minimum atomic E-state index is -0.538. The number of amides is 1. The topological polar surface area (TPSA) is 103 Å². The van der Waals surface area contributed by atoms with Gasteiger partial charge in [-0.05, 0) is 29.8 Å². The molecule has 0 unspecified atom stereocenters. The molecule has 9 heteroatoms. The zero-order chi connectivity index (χ0) is 25.1. The number of nitrogens with one attached hydrogen (secondary N) is 1. The number of fused-ring (bicyclic) bond motifs is 1. The van der Waals surface area contributed by atoms with Crippen LogP contribution in [0.5, 0.6) is 0 Å². The molecule has 0 atom stereocenters. The molecule has 1 amide bonds. The number of hydrogen-bond donors (Lipinski definition) is 1. The van der Waals surface area contributed by atoms with Crippen molar-refractivity contribution in [3.8, 4) is 11.3 Å². The van der Waals surface area contributed by atoms with Gasteiger partial charge in [0.15, 0.2) is 5.76 Å². The molecule has 0 aliphatic heterocycles. The van der Waals surface area contributed by atoms with Crippen LogP contribution in [0, 0.1) is 10.1 Å². The Labute approximate surface area is 210 Å². The zero-order valence-corrected chi connectivity index (χ0v) is 19.6. The number of non-ortho nitro benzene ring substituents is 1. The molecule has 0 fully saturated rings. The molecule has 5 aromatic rings. The highest BCUT2D eigenvalue weighted by atomic mass is 35.5. The molecule has 3 aromatic carbocycles. The maximum atomic E-state index is 12.6. The summed E-state index contributed by atoms with van der Waals surface area (Å²) in [7, 11) is 0. The quantitative estimate of drug-likeness (QED) is 0.162. The number of nitro benzene ring substituents is 1. The van der Waals surface area contributed by atoms with Gasteiger partial charge in [-0.3, -0.25) is 14.9 Å². The maximum absolute atomic E-state index is 12.6. The minimum absolute atomic E-state index is 0.0306.